The van der Waals surface area contributed by atoms with Crippen LogP contribution in [0.15, 0.2) is 43.1 Å². The molecule has 208 valence electrons. The zero-order valence-electron chi connectivity index (χ0n) is 23.5. The molecule has 0 atom stereocenters. The predicted octanol–water partition coefficient (Wildman–Crippen LogP) is 5.21. The van der Waals surface area contributed by atoms with Gasteiger partial charge < -0.3 is 24.2 Å². The molecule has 0 radical (unpaired) electrons. The second-order valence-electron chi connectivity index (χ2n) is 10.1. The minimum Gasteiger partial charge on any atom is -0.496 e. The van der Waals surface area contributed by atoms with E-state index in [1.165, 1.54) is 6.08 Å². The van der Waals surface area contributed by atoms with Crippen molar-refractivity contribution in [3.8, 4) is 22.6 Å². The molecule has 0 unspecified atom stereocenters. The summed E-state index contributed by atoms with van der Waals surface area (Å²) in [6.45, 7) is 8.86. The van der Waals surface area contributed by atoms with Gasteiger partial charge in [-0.25, -0.2) is 9.97 Å². The number of hydrogen-bond acceptors (Lipinski definition) is 7. The van der Waals surface area contributed by atoms with Gasteiger partial charge in [0, 0.05) is 54.5 Å². The average Bonchev–Trinajstić information content (AvgIpc) is 2.95. The molecular formula is C30H38ClN5O3. The number of carbonyl (C=O) groups is 1. The fourth-order valence-corrected chi connectivity index (χ4v) is 5.64. The van der Waals surface area contributed by atoms with E-state index in [0.717, 1.165) is 65.9 Å². The van der Waals surface area contributed by atoms with Crippen molar-refractivity contribution in [2.24, 2.45) is 0 Å². The lowest BCUT2D eigenvalue weighted by molar-refractivity contribution is -0.127. The van der Waals surface area contributed by atoms with Gasteiger partial charge in [0.25, 0.3) is 0 Å². The topological polar surface area (TPSA) is 71.0 Å². The summed E-state index contributed by atoms with van der Waals surface area (Å²) in [6, 6.07) is 8.17. The molecule has 39 heavy (non-hydrogen) atoms. The van der Waals surface area contributed by atoms with Crippen LogP contribution >= 0.6 is 11.6 Å². The van der Waals surface area contributed by atoms with Gasteiger partial charge >= 0.3 is 0 Å². The smallest absolute Gasteiger partial charge is 0.245 e. The van der Waals surface area contributed by atoms with Crippen LogP contribution in [0.4, 0.5) is 5.95 Å². The predicted molar refractivity (Wildman–Crippen MR) is 158 cm³/mol. The summed E-state index contributed by atoms with van der Waals surface area (Å²) in [5.41, 5.74) is 3.61. The number of fused-ring (bicyclic) bond motifs is 1. The van der Waals surface area contributed by atoms with Crippen molar-refractivity contribution >= 4 is 34.4 Å². The van der Waals surface area contributed by atoms with Gasteiger partial charge in [-0.1, -0.05) is 24.2 Å². The van der Waals surface area contributed by atoms with Crippen molar-refractivity contribution < 1.29 is 14.3 Å². The highest BCUT2D eigenvalue weighted by molar-refractivity contribution is 6.35. The first-order valence-corrected chi connectivity index (χ1v) is 13.7. The molecule has 2 aromatic carbocycles. The summed E-state index contributed by atoms with van der Waals surface area (Å²) in [7, 11) is 7.40. The number of halogens is 1. The molecule has 1 saturated heterocycles. The zero-order chi connectivity index (χ0) is 28.1. The van der Waals surface area contributed by atoms with Crippen molar-refractivity contribution in [2.45, 2.75) is 32.2 Å². The van der Waals surface area contributed by atoms with Crippen LogP contribution in [0, 0.1) is 6.92 Å². The summed E-state index contributed by atoms with van der Waals surface area (Å²) < 4.78 is 11.1. The molecule has 1 amide bonds. The van der Waals surface area contributed by atoms with Gasteiger partial charge in [0.2, 0.25) is 11.9 Å². The Morgan fingerprint density at radius 3 is 2.51 bits per heavy atom. The molecule has 2 heterocycles. The largest absolute Gasteiger partial charge is 0.496 e. The number of likely N-dealkylation sites (tertiary alicyclic amines) is 1. The number of nitrogens with zero attached hydrogens (tertiary/aromatic N) is 5. The van der Waals surface area contributed by atoms with Gasteiger partial charge in [0.05, 0.1) is 24.8 Å². The third-order valence-electron chi connectivity index (χ3n) is 7.39. The van der Waals surface area contributed by atoms with Gasteiger partial charge in [-0.3, -0.25) is 4.79 Å². The monoisotopic (exact) mass is 551 g/mol. The Bertz CT molecular complexity index is 1310. The molecule has 1 aromatic heterocycles. The fourth-order valence-electron chi connectivity index (χ4n) is 5.25. The molecule has 9 heteroatoms. The molecule has 8 nitrogen and oxygen atoms in total. The fraction of sp³-hybridized carbons (Fsp3) is 0.433. The number of carbonyl (C=O) groups excluding carboxylic acids is 1. The van der Waals surface area contributed by atoms with E-state index in [1.807, 2.05) is 30.2 Å². The molecule has 4 rings (SSSR count). The van der Waals surface area contributed by atoms with Crippen LogP contribution in [0.3, 0.4) is 0 Å². The van der Waals surface area contributed by atoms with E-state index in [0.29, 0.717) is 29.6 Å². The summed E-state index contributed by atoms with van der Waals surface area (Å²) in [5.74, 6) is 2.00. The molecule has 0 N–H and O–H groups in total. The summed E-state index contributed by atoms with van der Waals surface area (Å²) in [5, 5.41) is 1.47. The number of anilines is 1. The number of hydrogen-bond donors (Lipinski definition) is 0. The van der Waals surface area contributed by atoms with Crippen molar-refractivity contribution in [2.75, 3.05) is 59.4 Å². The third kappa shape index (κ3) is 6.28. The van der Waals surface area contributed by atoms with Gasteiger partial charge in [-0.05, 0) is 70.6 Å². The summed E-state index contributed by atoms with van der Waals surface area (Å²) in [6.07, 6.45) is 6.02. The highest BCUT2D eigenvalue weighted by atomic mass is 35.5. The molecular weight excluding hydrogens is 514 g/mol. The lowest BCUT2D eigenvalue weighted by Crippen LogP contribution is -2.47. The van der Waals surface area contributed by atoms with E-state index in [1.54, 1.807) is 20.3 Å². The number of benzene rings is 2. The normalized spacial score (nSPS) is 14.1. The third-order valence-corrected chi connectivity index (χ3v) is 7.77. The van der Waals surface area contributed by atoms with Gasteiger partial charge in [-0.2, -0.15) is 0 Å². The standard InChI is InChI=1S/C30H38ClN5O3/c1-7-27(37)35-15-11-23(12-16-35)36(14-8-13-34(3)4)30-32-19-22-17-21(9-10-24(22)33-30)28-20(2)25(38-5)18-26(39-6)29(28)31/h7,9-10,17-19,23H,1,8,11-16H2,2-6H3. The van der Waals surface area contributed by atoms with Crippen molar-refractivity contribution in [3.63, 3.8) is 0 Å². The molecule has 1 aliphatic rings. The second-order valence-corrected chi connectivity index (χ2v) is 10.5. The maximum atomic E-state index is 12.1. The Labute approximate surface area is 236 Å². The minimum absolute atomic E-state index is 0.00522. The van der Waals surface area contributed by atoms with E-state index in [4.69, 9.17) is 31.0 Å². The van der Waals surface area contributed by atoms with E-state index in [9.17, 15) is 4.79 Å². The van der Waals surface area contributed by atoms with E-state index < -0.39 is 0 Å². The lowest BCUT2D eigenvalue weighted by Gasteiger charge is -2.38. The number of methoxy groups -OCH3 is 2. The van der Waals surface area contributed by atoms with Crippen LogP contribution in [0.2, 0.25) is 5.02 Å². The zero-order valence-corrected chi connectivity index (χ0v) is 24.3. The van der Waals surface area contributed by atoms with E-state index in [2.05, 4.69) is 36.5 Å². The lowest BCUT2D eigenvalue weighted by atomic mass is 9.98. The molecule has 0 spiro atoms. The summed E-state index contributed by atoms with van der Waals surface area (Å²) >= 11 is 6.74. The first kappa shape index (κ1) is 28.6. The second kappa shape index (κ2) is 12.7. The molecule has 0 bridgehead atoms. The Hall–Kier alpha value is -3.36. The van der Waals surface area contributed by atoms with Gasteiger partial charge in [0.15, 0.2) is 0 Å². The maximum absolute atomic E-state index is 12.1. The highest BCUT2D eigenvalue weighted by Gasteiger charge is 2.28. The molecule has 1 aliphatic heterocycles. The maximum Gasteiger partial charge on any atom is 0.245 e. The summed E-state index contributed by atoms with van der Waals surface area (Å²) in [4.78, 5) is 28.3. The van der Waals surface area contributed by atoms with Gasteiger partial charge in [0.1, 0.15) is 11.5 Å². The van der Waals surface area contributed by atoms with E-state index in [-0.39, 0.29) is 11.9 Å². The van der Waals surface area contributed by atoms with Crippen LogP contribution in [0.25, 0.3) is 22.0 Å². The van der Waals surface area contributed by atoms with Crippen LogP contribution in [0.5, 0.6) is 11.5 Å². The van der Waals surface area contributed by atoms with Crippen LogP contribution in [-0.4, -0.2) is 86.2 Å². The first-order chi connectivity index (χ1) is 18.8. The Morgan fingerprint density at radius 2 is 1.87 bits per heavy atom. The Morgan fingerprint density at radius 1 is 1.15 bits per heavy atom. The molecule has 0 saturated carbocycles. The van der Waals surface area contributed by atoms with Crippen molar-refractivity contribution in [1.29, 1.82) is 0 Å². The number of rotatable bonds is 10. The Kier molecular flexibility index (Phi) is 9.30. The number of aromatic nitrogens is 2. The number of ether oxygens (including phenoxy) is 2. The molecule has 1 fully saturated rings. The molecule has 3 aromatic rings. The van der Waals surface area contributed by atoms with Crippen molar-refractivity contribution in [3.05, 3.63) is 53.7 Å². The van der Waals surface area contributed by atoms with E-state index >= 15 is 0 Å². The van der Waals surface area contributed by atoms with Crippen molar-refractivity contribution in [1.82, 2.24) is 19.8 Å². The van der Waals surface area contributed by atoms with Crippen LogP contribution < -0.4 is 14.4 Å². The first-order valence-electron chi connectivity index (χ1n) is 13.3. The quantitative estimate of drug-likeness (QED) is 0.320. The van der Waals surface area contributed by atoms with Crippen LogP contribution in [0.1, 0.15) is 24.8 Å². The number of piperidine rings is 1. The molecule has 0 aliphatic carbocycles. The van der Waals surface area contributed by atoms with Crippen LogP contribution in [-0.2, 0) is 4.79 Å². The highest BCUT2D eigenvalue weighted by Crippen LogP contribution is 2.43. The Balaban J connectivity index is 1.65. The minimum atomic E-state index is -0.00522. The SMILES string of the molecule is C=CC(=O)N1CCC(N(CCCN(C)C)c2ncc3cc(-c4c(C)c(OC)cc(OC)c4Cl)ccc3n2)CC1. The van der Waals surface area contributed by atoms with Gasteiger partial charge in [-0.15, -0.1) is 0 Å². The average molecular weight is 552 g/mol. The number of amides is 1.